The van der Waals surface area contributed by atoms with E-state index in [1.807, 2.05) is 0 Å². The van der Waals surface area contributed by atoms with Crippen LogP contribution in [0.4, 0.5) is 13.2 Å². The summed E-state index contributed by atoms with van der Waals surface area (Å²) in [5.74, 6) is -0.256. The summed E-state index contributed by atoms with van der Waals surface area (Å²) in [6.45, 7) is 2.47. The lowest BCUT2D eigenvalue weighted by atomic mass is 9.97. The van der Waals surface area contributed by atoms with E-state index in [-0.39, 0.29) is 35.4 Å². The SMILES string of the molecule is C[S+](C)N1CCC[C@H](C(=O)N2CCC[C@@H]2C(=O)NCc2ccc(C(F)(F)F)cc2)C1. The molecule has 2 aliphatic rings. The molecule has 2 amide bonds. The lowest BCUT2D eigenvalue weighted by Crippen LogP contribution is -2.51. The van der Waals surface area contributed by atoms with Crippen molar-refractivity contribution >= 4 is 22.9 Å². The molecule has 30 heavy (non-hydrogen) atoms. The van der Waals surface area contributed by atoms with E-state index in [9.17, 15) is 22.8 Å². The third kappa shape index (κ3) is 5.49. The number of amides is 2. The molecule has 2 saturated heterocycles. The molecule has 2 heterocycles. The number of hydrogen-bond acceptors (Lipinski definition) is 3. The van der Waals surface area contributed by atoms with E-state index in [1.54, 1.807) is 4.90 Å². The van der Waals surface area contributed by atoms with Crippen molar-refractivity contribution in [1.29, 1.82) is 0 Å². The maximum Gasteiger partial charge on any atom is 0.416 e. The molecule has 1 aromatic rings. The van der Waals surface area contributed by atoms with E-state index >= 15 is 0 Å². The number of benzene rings is 1. The molecule has 0 saturated carbocycles. The maximum absolute atomic E-state index is 13.1. The van der Waals surface area contributed by atoms with Crippen LogP contribution in [-0.4, -0.2) is 59.2 Å². The van der Waals surface area contributed by atoms with Crippen LogP contribution in [0.2, 0.25) is 0 Å². The van der Waals surface area contributed by atoms with Crippen LogP contribution in [0.15, 0.2) is 24.3 Å². The van der Waals surface area contributed by atoms with Crippen LogP contribution in [0.3, 0.4) is 0 Å². The van der Waals surface area contributed by atoms with E-state index < -0.39 is 17.8 Å². The zero-order valence-corrected chi connectivity index (χ0v) is 18.2. The number of likely N-dealkylation sites (tertiary alicyclic amines) is 1. The van der Waals surface area contributed by atoms with Gasteiger partial charge in [0.2, 0.25) is 11.8 Å². The fourth-order valence-corrected chi connectivity index (χ4v) is 5.10. The fraction of sp³-hybridized carbons (Fsp3) is 0.619. The number of piperidine rings is 1. The number of halogens is 3. The highest BCUT2D eigenvalue weighted by atomic mass is 32.2. The van der Waals surface area contributed by atoms with Crippen LogP contribution in [0.25, 0.3) is 0 Å². The first-order valence-electron chi connectivity index (χ1n) is 10.2. The van der Waals surface area contributed by atoms with Crippen LogP contribution >= 0.6 is 0 Å². The number of carbonyl (C=O) groups is 2. The van der Waals surface area contributed by atoms with Crippen LogP contribution in [0.5, 0.6) is 0 Å². The molecule has 3 rings (SSSR count). The summed E-state index contributed by atoms with van der Waals surface area (Å²) in [7, 11) is 0. The number of rotatable bonds is 5. The predicted octanol–water partition coefficient (Wildman–Crippen LogP) is 2.82. The molecule has 2 aliphatic heterocycles. The van der Waals surface area contributed by atoms with Crippen molar-refractivity contribution in [3.8, 4) is 0 Å². The number of hydrogen-bond donors (Lipinski definition) is 1. The summed E-state index contributed by atoms with van der Waals surface area (Å²) in [5.41, 5.74) is -0.123. The highest BCUT2D eigenvalue weighted by Crippen LogP contribution is 2.29. The minimum Gasteiger partial charge on any atom is -0.350 e. The normalized spacial score (nSPS) is 23.1. The minimum atomic E-state index is -4.38. The van der Waals surface area contributed by atoms with Crippen LogP contribution in [0.1, 0.15) is 36.8 Å². The molecule has 2 atom stereocenters. The standard InChI is InChI=1S/C21H28F3N3O2S/c1-30(2)26-11-3-5-16(14-26)20(29)27-12-4-6-18(27)19(28)25-13-15-7-9-17(10-8-15)21(22,23)24/h7-10,16,18H,3-6,11-14H2,1-2H3/p+1/t16-,18+/m0/s1. The fourth-order valence-electron chi connectivity index (χ4n) is 4.13. The van der Waals surface area contributed by atoms with Gasteiger partial charge >= 0.3 is 6.18 Å². The molecule has 0 bridgehead atoms. The molecule has 1 aromatic carbocycles. The average molecular weight is 445 g/mol. The van der Waals surface area contributed by atoms with Crippen molar-refractivity contribution in [1.82, 2.24) is 14.5 Å². The second-order valence-electron chi connectivity index (χ2n) is 8.10. The Morgan fingerprint density at radius 3 is 2.40 bits per heavy atom. The van der Waals surface area contributed by atoms with E-state index in [4.69, 9.17) is 0 Å². The van der Waals surface area contributed by atoms with Gasteiger partial charge in [-0.15, -0.1) is 4.31 Å². The summed E-state index contributed by atoms with van der Waals surface area (Å²) in [5, 5.41) is 2.79. The molecular formula is C21H29F3N3O2S+. The third-order valence-electron chi connectivity index (χ3n) is 5.84. The zero-order valence-electron chi connectivity index (χ0n) is 17.4. The highest BCUT2D eigenvalue weighted by Gasteiger charge is 2.40. The monoisotopic (exact) mass is 444 g/mol. The summed E-state index contributed by atoms with van der Waals surface area (Å²) in [6.07, 6.45) is 3.17. The first-order chi connectivity index (χ1) is 14.2. The minimum absolute atomic E-state index is 0.0531. The zero-order chi connectivity index (χ0) is 21.9. The van der Waals surface area contributed by atoms with Crippen molar-refractivity contribution in [2.45, 2.75) is 44.4 Å². The summed E-state index contributed by atoms with van der Waals surface area (Å²) >= 11 is 0.123. The Bertz CT molecular complexity index is 755. The van der Waals surface area contributed by atoms with Gasteiger partial charge in [0.15, 0.2) is 0 Å². The van der Waals surface area contributed by atoms with Gasteiger partial charge in [-0.25, -0.2) is 0 Å². The van der Waals surface area contributed by atoms with Crippen molar-refractivity contribution in [2.75, 3.05) is 32.1 Å². The second kappa shape index (κ2) is 9.60. The van der Waals surface area contributed by atoms with E-state index in [0.717, 1.165) is 44.5 Å². The van der Waals surface area contributed by atoms with Gasteiger partial charge in [0.1, 0.15) is 18.6 Å². The van der Waals surface area contributed by atoms with E-state index in [2.05, 4.69) is 22.1 Å². The third-order valence-corrected chi connectivity index (χ3v) is 7.20. The molecule has 0 spiro atoms. The molecule has 0 aromatic heterocycles. The number of nitrogens with one attached hydrogen (secondary N) is 1. The van der Waals surface area contributed by atoms with Crippen LogP contribution < -0.4 is 5.32 Å². The molecular weight excluding hydrogens is 415 g/mol. The molecule has 5 nitrogen and oxygen atoms in total. The Morgan fingerprint density at radius 2 is 1.77 bits per heavy atom. The molecule has 0 aliphatic carbocycles. The molecule has 0 unspecified atom stereocenters. The molecule has 0 radical (unpaired) electrons. The molecule has 2 fully saturated rings. The quantitative estimate of drug-likeness (QED) is 0.711. The Hall–Kier alpha value is -1.74. The van der Waals surface area contributed by atoms with Gasteiger partial charge in [-0.1, -0.05) is 12.1 Å². The average Bonchev–Trinajstić information content (AvgIpc) is 3.21. The molecule has 9 heteroatoms. The predicted molar refractivity (Wildman–Crippen MR) is 112 cm³/mol. The van der Waals surface area contributed by atoms with Gasteiger partial charge in [-0.05, 0) is 43.4 Å². The van der Waals surface area contributed by atoms with Gasteiger partial charge in [0.05, 0.1) is 29.1 Å². The largest absolute Gasteiger partial charge is 0.416 e. The number of nitrogens with zero attached hydrogens (tertiary/aromatic N) is 2. The number of carbonyl (C=O) groups excluding carboxylic acids is 2. The van der Waals surface area contributed by atoms with E-state index in [1.165, 1.54) is 12.1 Å². The van der Waals surface area contributed by atoms with E-state index in [0.29, 0.717) is 18.5 Å². The smallest absolute Gasteiger partial charge is 0.350 e. The Morgan fingerprint density at radius 1 is 1.10 bits per heavy atom. The summed E-state index contributed by atoms with van der Waals surface area (Å²) in [4.78, 5) is 27.5. The number of alkyl halides is 3. The van der Waals surface area contributed by atoms with Gasteiger partial charge in [-0.2, -0.15) is 13.2 Å². The summed E-state index contributed by atoms with van der Waals surface area (Å²) in [6, 6.07) is 4.26. The summed E-state index contributed by atoms with van der Waals surface area (Å²) < 4.78 is 40.3. The van der Waals surface area contributed by atoms with Crippen molar-refractivity contribution in [3.63, 3.8) is 0 Å². The topological polar surface area (TPSA) is 52.7 Å². The van der Waals surface area contributed by atoms with Gasteiger partial charge in [0.25, 0.3) is 0 Å². The van der Waals surface area contributed by atoms with Gasteiger partial charge in [0, 0.05) is 19.6 Å². The first-order valence-corrected chi connectivity index (χ1v) is 12.2. The van der Waals surface area contributed by atoms with Crippen molar-refractivity contribution in [3.05, 3.63) is 35.4 Å². The Kier molecular flexibility index (Phi) is 7.34. The molecule has 166 valence electrons. The highest BCUT2D eigenvalue weighted by molar-refractivity contribution is 7.93. The lowest BCUT2D eigenvalue weighted by Gasteiger charge is -2.33. The second-order valence-corrected chi connectivity index (χ2v) is 10.2. The maximum atomic E-state index is 13.1. The Labute approximate surface area is 178 Å². The van der Waals surface area contributed by atoms with Gasteiger partial charge in [-0.3, -0.25) is 9.59 Å². The lowest BCUT2D eigenvalue weighted by molar-refractivity contribution is -0.142. The Balaban J connectivity index is 1.57. The van der Waals surface area contributed by atoms with Crippen LogP contribution in [-0.2, 0) is 33.4 Å². The van der Waals surface area contributed by atoms with Crippen LogP contribution in [0, 0.1) is 5.92 Å². The first kappa shape index (κ1) is 22.9. The van der Waals surface area contributed by atoms with Crippen molar-refractivity contribution in [2.24, 2.45) is 5.92 Å². The molecule has 1 N–H and O–H groups in total. The van der Waals surface area contributed by atoms with Gasteiger partial charge < -0.3 is 10.2 Å². The van der Waals surface area contributed by atoms with Crippen molar-refractivity contribution < 1.29 is 22.8 Å².